The Kier molecular flexibility index (Phi) is 9.55. The van der Waals surface area contributed by atoms with Crippen molar-refractivity contribution < 1.29 is 9.53 Å². The molecule has 2 rings (SSSR count). The zero-order valence-electron chi connectivity index (χ0n) is 15.5. The third-order valence-corrected chi connectivity index (χ3v) is 5.10. The number of carbonyl (C=O) groups excluding carboxylic acids is 1. The maximum Gasteiger partial charge on any atom is 0.258 e. The van der Waals surface area contributed by atoms with Crippen molar-refractivity contribution in [3.05, 3.63) is 57.7 Å². The molecule has 0 saturated carbocycles. The van der Waals surface area contributed by atoms with Crippen LogP contribution in [0, 0.1) is 3.57 Å². The lowest BCUT2D eigenvalue weighted by Gasteiger charge is -2.12. The lowest BCUT2D eigenvalue weighted by atomic mass is 10.2. The number of hydrogen-bond acceptors (Lipinski definition) is 3. The first kappa shape index (κ1) is 21.6. The molecule has 0 aliphatic heterocycles. The number of ether oxygens (including phenoxy) is 1. The van der Waals surface area contributed by atoms with Crippen molar-refractivity contribution in [1.29, 1.82) is 0 Å². The van der Waals surface area contributed by atoms with E-state index in [0.717, 1.165) is 21.4 Å². The predicted octanol–water partition coefficient (Wildman–Crippen LogP) is 5.77. The van der Waals surface area contributed by atoms with Gasteiger partial charge in [0, 0.05) is 15.3 Å². The molecule has 2 N–H and O–H groups in total. The Morgan fingerprint density at radius 2 is 1.85 bits per heavy atom. The quantitative estimate of drug-likeness (QED) is 0.263. The van der Waals surface area contributed by atoms with Gasteiger partial charge in [0.2, 0.25) is 0 Å². The third-order valence-electron chi connectivity index (χ3n) is 3.95. The number of thiocarbonyl (C=S) groups is 1. The van der Waals surface area contributed by atoms with Crippen molar-refractivity contribution in [2.45, 2.75) is 39.0 Å². The highest BCUT2D eigenvalue weighted by Gasteiger charge is 2.11. The normalized spacial score (nSPS) is 10.3. The minimum absolute atomic E-state index is 0.225. The van der Waals surface area contributed by atoms with Crippen molar-refractivity contribution in [2.24, 2.45) is 0 Å². The summed E-state index contributed by atoms with van der Waals surface area (Å²) in [6.45, 7) is 2.92. The lowest BCUT2D eigenvalue weighted by molar-refractivity contribution is 0.0977. The van der Waals surface area contributed by atoms with Gasteiger partial charge in [-0.05, 0) is 65.5 Å². The van der Waals surface area contributed by atoms with Gasteiger partial charge in [0.1, 0.15) is 5.75 Å². The number of amides is 1. The molecule has 6 heteroatoms. The molecule has 0 bridgehead atoms. The van der Waals surface area contributed by atoms with Crippen molar-refractivity contribution in [2.75, 3.05) is 11.9 Å². The third kappa shape index (κ3) is 7.84. The average Bonchev–Trinajstić information content (AvgIpc) is 2.65. The van der Waals surface area contributed by atoms with E-state index >= 15 is 0 Å². The Balaban J connectivity index is 1.82. The smallest absolute Gasteiger partial charge is 0.258 e. The second-order valence-corrected chi connectivity index (χ2v) is 7.75. The summed E-state index contributed by atoms with van der Waals surface area (Å²) in [6, 6.07) is 15.0. The summed E-state index contributed by atoms with van der Waals surface area (Å²) in [7, 11) is 0. The first-order valence-corrected chi connectivity index (χ1v) is 10.7. The van der Waals surface area contributed by atoms with E-state index in [0.29, 0.717) is 12.2 Å². The average molecular weight is 496 g/mol. The summed E-state index contributed by atoms with van der Waals surface area (Å²) in [6.07, 6.45) is 6.04. The standard InChI is InChI=1S/C21H25IN2O2S/c1-2-3-4-5-8-14-26-17-11-9-10-16(15-17)23-21(27)24-20(25)18-12-6-7-13-19(18)22/h6-7,9-13,15H,2-5,8,14H2,1H3,(H2,23,24,25,27). The molecule has 0 radical (unpaired) electrons. The zero-order chi connectivity index (χ0) is 19.5. The Morgan fingerprint density at radius 3 is 2.63 bits per heavy atom. The van der Waals surface area contributed by atoms with E-state index in [-0.39, 0.29) is 11.0 Å². The van der Waals surface area contributed by atoms with Crippen LogP contribution < -0.4 is 15.4 Å². The van der Waals surface area contributed by atoms with E-state index in [1.807, 2.05) is 42.5 Å². The number of nitrogens with one attached hydrogen (secondary N) is 2. The van der Waals surface area contributed by atoms with Crippen molar-refractivity contribution >= 4 is 51.5 Å². The van der Waals surface area contributed by atoms with Crippen LogP contribution in [-0.4, -0.2) is 17.6 Å². The topological polar surface area (TPSA) is 50.4 Å². The Bertz CT molecular complexity index is 767. The highest BCUT2D eigenvalue weighted by molar-refractivity contribution is 14.1. The molecule has 0 heterocycles. The van der Waals surface area contributed by atoms with Gasteiger partial charge in [0.25, 0.3) is 5.91 Å². The lowest BCUT2D eigenvalue weighted by Crippen LogP contribution is -2.34. The Morgan fingerprint density at radius 1 is 1.07 bits per heavy atom. The van der Waals surface area contributed by atoms with Gasteiger partial charge >= 0.3 is 0 Å². The van der Waals surface area contributed by atoms with Gasteiger partial charge in [-0.3, -0.25) is 10.1 Å². The zero-order valence-corrected chi connectivity index (χ0v) is 18.4. The van der Waals surface area contributed by atoms with Gasteiger partial charge in [0.15, 0.2) is 5.11 Å². The van der Waals surface area contributed by atoms with Crippen LogP contribution in [0.5, 0.6) is 5.75 Å². The summed E-state index contributed by atoms with van der Waals surface area (Å²) in [4.78, 5) is 12.3. The molecule has 0 aliphatic carbocycles. The van der Waals surface area contributed by atoms with E-state index in [1.165, 1.54) is 25.7 Å². The number of hydrogen-bond donors (Lipinski definition) is 2. The number of benzene rings is 2. The molecule has 0 saturated heterocycles. The molecule has 0 spiro atoms. The number of halogens is 1. The molecule has 2 aromatic rings. The minimum Gasteiger partial charge on any atom is -0.494 e. The fraction of sp³-hybridized carbons (Fsp3) is 0.333. The molecule has 0 atom stereocenters. The van der Waals surface area contributed by atoms with E-state index < -0.39 is 0 Å². The van der Waals surface area contributed by atoms with E-state index in [4.69, 9.17) is 17.0 Å². The van der Waals surface area contributed by atoms with Gasteiger partial charge in [-0.1, -0.05) is 50.8 Å². The summed E-state index contributed by atoms with van der Waals surface area (Å²) in [5, 5.41) is 6.01. The van der Waals surface area contributed by atoms with Gasteiger partial charge in [-0.25, -0.2) is 0 Å². The second kappa shape index (κ2) is 11.9. The first-order valence-electron chi connectivity index (χ1n) is 9.20. The predicted molar refractivity (Wildman–Crippen MR) is 124 cm³/mol. The monoisotopic (exact) mass is 496 g/mol. The van der Waals surface area contributed by atoms with Crippen molar-refractivity contribution in [3.63, 3.8) is 0 Å². The van der Waals surface area contributed by atoms with Crippen LogP contribution >= 0.6 is 34.8 Å². The molecule has 144 valence electrons. The minimum atomic E-state index is -0.225. The fourth-order valence-corrected chi connectivity index (χ4v) is 3.38. The SMILES string of the molecule is CCCCCCCOc1cccc(NC(=S)NC(=O)c2ccccc2I)c1. The number of anilines is 1. The molecular weight excluding hydrogens is 471 g/mol. The van der Waals surface area contributed by atoms with Crippen molar-refractivity contribution in [3.8, 4) is 5.75 Å². The molecule has 2 aromatic carbocycles. The van der Waals surface area contributed by atoms with Crippen LogP contribution in [0.4, 0.5) is 5.69 Å². The number of unbranched alkanes of at least 4 members (excludes halogenated alkanes) is 4. The molecular formula is C21H25IN2O2S. The Labute approximate surface area is 180 Å². The second-order valence-electron chi connectivity index (χ2n) is 6.18. The van der Waals surface area contributed by atoms with Crippen LogP contribution in [0.3, 0.4) is 0 Å². The molecule has 27 heavy (non-hydrogen) atoms. The highest BCUT2D eigenvalue weighted by Crippen LogP contribution is 2.18. The van der Waals surface area contributed by atoms with Crippen LogP contribution in [0.1, 0.15) is 49.4 Å². The van der Waals surface area contributed by atoms with Gasteiger partial charge in [-0.15, -0.1) is 0 Å². The molecule has 0 aliphatic rings. The van der Waals surface area contributed by atoms with Crippen LogP contribution in [0.25, 0.3) is 0 Å². The fourth-order valence-electron chi connectivity index (χ4n) is 2.54. The van der Waals surface area contributed by atoms with Crippen LogP contribution in [0.2, 0.25) is 0 Å². The van der Waals surface area contributed by atoms with Gasteiger partial charge in [0.05, 0.1) is 12.2 Å². The maximum absolute atomic E-state index is 12.3. The summed E-state index contributed by atoms with van der Waals surface area (Å²) in [5.74, 6) is 0.569. The molecule has 1 amide bonds. The largest absolute Gasteiger partial charge is 0.494 e. The maximum atomic E-state index is 12.3. The summed E-state index contributed by atoms with van der Waals surface area (Å²) < 4.78 is 6.68. The van der Waals surface area contributed by atoms with E-state index in [9.17, 15) is 4.79 Å². The van der Waals surface area contributed by atoms with E-state index in [1.54, 1.807) is 6.07 Å². The molecule has 0 unspecified atom stereocenters. The number of rotatable bonds is 9. The summed E-state index contributed by atoms with van der Waals surface area (Å²) in [5.41, 5.74) is 1.38. The van der Waals surface area contributed by atoms with Crippen molar-refractivity contribution in [1.82, 2.24) is 5.32 Å². The first-order chi connectivity index (χ1) is 13.1. The van der Waals surface area contributed by atoms with E-state index in [2.05, 4.69) is 40.1 Å². The van der Waals surface area contributed by atoms with Crippen LogP contribution in [-0.2, 0) is 0 Å². The molecule has 4 nitrogen and oxygen atoms in total. The molecule has 0 fully saturated rings. The Hall–Kier alpha value is -1.67. The van der Waals surface area contributed by atoms with Crippen LogP contribution in [0.15, 0.2) is 48.5 Å². The highest BCUT2D eigenvalue weighted by atomic mass is 127. The summed E-state index contributed by atoms with van der Waals surface area (Å²) >= 11 is 7.39. The number of carbonyl (C=O) groups is 1. The van der Waals surface area contributed by atoms with Gasteiger partial charge < -0.3 is 10.1 Å². The van der Waals surface area contributed by atoms with Gasteiger partial charge in [-0.2, -0.15) is 0 Å². The molecule has 0 aromatic heterocycles.